The molecule has 0 amide bonds. The van der Waals surface area contributed by atoms with Gasteiger partial charge in [0.25, 0.3) is 0 Å². The Morgan fingerprint density at radius 1 is 1.56 bits per heavy atom. The van der Waals surface area contributed by atoms with Gasteiger partial charge >= 0.3 is 5.97 Å². The fourth-order valence-corrected chi connectivity index (χ4v) is 0.305. The number of rotatable bonds is 1. The van der Waals surface area contributed by atoms with Gasteiger partial charge in [-0.3, -0.25) is 0 Å². The van der Waals surface area contributed by atoms with E-state index in [-0.39, 0.29) is 0 Å². The minimum Gasteiger partial charge on any atom is -0.464 e. The summed E-state index contributed by atoms with van der Waals surface area (Å²) in [4.78, 5) is 10.0. The maximum absolute atomic E-state index is 11.9. The van der Waals surface area contributed by atoms with Crippen LogP contribution in [0.4, 0.5) is 8.78 Å². The second-order valence-corrected chi connectivity index (χ2v) is 1.66. The molecule has 52 valence electrons. The van der Waals surface area contributed by atoms with Gasteiger partial charge in [-0.05, 0) is 0 Å². The summed E-state index contributed by atoms with van der Waals surface area (Å²) in [5.41, 5.74) is -1.25. The molecule has 5 heteroatoms. The van der Waals surface area contributed by atoms with Crippen LogP contribution in [0, 0.1) is 0 Å². The first-order chi connectivity index (χ1) is 4.09. The number of carbonyl (C=O) groups is 1. The lowest BCUT2D eigenvalue weighted by Crippen LogP contribution is -2.00. The first-order valence-corrected chi connectivity index (χ1v) is 2.56. The van der Waals surface area contributed by atoms with Crippen LogP contribution in [-0.4, -0.2) is 13.1 Å². The number of esters is 1. The largest absolute Gasteiger partial charge is 0.464 e. The Morgan fingerprint density at radius 3 is 2.11 bits per heavy atom. The number of halogens is 2. The van der Waals surface area contributed by atoms with Crippen molar-refractivity contribution in [2.75, 3.05) is 7.11 Å². The molecule has 0 saturated heterocycles. The van der Waals surface area contributed by atoms with Crippen molar-refractivity contribution in [3.05, 3.63) is 11.4 Å². The molecule has 9 heavy (non-hydrogen) atoms. The molecule has 0 rings (SSSR count). The Balaban J connectivity index is 4.21. The molecule has 0 radical (unpaired) electrons. The standard InChI is InChI=1S/C4H5F2O2P/c1-8-4(7)2(5)3(6)9/h9H2,1H3/b3-2-. The highest BCUT2D eigenvalue weighted by Gasteiger charge is 2.11. The quantitative estimate of drug-likeness (QED) is 0.321. The third-order valence-corrected chi connectivity index (χ3v) is 0.828. The Kier molecular flexibility index (Phi) is 3.32. The van der Waals surface area contributed by atoms with E-state index in [4.69, 9.17) is 0 Å². The van der Waals surface area contributed by atoms with E-state index in [2.05, 4.69) is 4.74 Å². The van der Waals surface area contributed by atoms with Crippen LogP contribution in [-0.2, 0) is 9.53 Å². The Hall–Kier alpha value is -0.500. The normalized spacial score (nSPS) is 12.4. The molecule has 0 N–H and O–H groups in total. The van der Waals surface area contributed by atoms with Gasteiger partial charge in [-0.1, -0.05) is 9.24 Å². The van der Waals surface area contributed by atoms with Crippen LogP contribution in [0.2, 0.25) is 0 Å². The SMILES string of the molecule is COC(=O)/C(F)=C(\F)P. The van der Waals surface area contributed by atoms with E-state index in [0.29, 0.717) is 0 Å². The third kappa shape index (κ3) is 2.51. The molecule has 0 aromatic carbocycles. The summed E-state index contributed by atoms with van der Waals surface area (Å²) in [5.74, 6) is -2.81. The second-order valence-electron chi connectivity index (χ2n) is 1.15. The molecule has 1 unspecified atom stereocenters. The average molecular weight is 154 g/mol. The lowest BCUT2D eigenvalue weighted by molar-refractivity contribution is -0.137. The van der Waals surface area contributed by atoms with Crippen molar-refractivity contribution in [3.8, 4) is 0 Å². The van der Waals surface area contributed by atoms with Gasteiger partial charge in [-0.15, -0.1) is 0 Å². The molecule has 0 heterocycles. The van der Waals surface area contributed by atoms with Gasteiger partial charge in [-0.25, -0.2) is 9.18 Å². The summed E-state index contributed by atoms with van der Waals surface area (Å²) in [7, 11) is 2.38. The van der Waals surface area contributed by atoms with Gasteiger partial charge in [0.15, 0.2) is 5.57 Å². The van der Waals surface area contributed by atoms with Gasteiger partial charge in [0.2, 0.25) is 5.83 Å². The molecule has 0 aromatic heterocycles. The third-order valence-electron chi connectivity index (χ3n) is 0.574. The van der Waals surface area contributed by atoms with Crippen molar-refractivity contribution in [2.45, 2.75) is 0 Å². The lowest BCUT2D eigenvalue weighted by atomic mass is 10.6. The van der Waals surface area contributed by atoms with Crippen LogP contribution in [0.1, 0.15) is 0 Å². The molecule has 0 aliphatic heterocycles. The van der Waals surface area contributed by atoms with Crippen LogP contribution >= 0.6 is 9.24 Å². The molecule has 2 nitrogen and oxygen atoms in total. The molecular weight excluding hydrogens is 149 g/mol. The van der Waals surface area contributed by atoms with E-state index in [1.807, 2.05) is 0 Å². The molecule has 0 saturated carbocycles. The van der Waals surface area contributed by atoms with E-state index in [1.54, 1.807) is 0 Å². The van der Waals surface area contributed by atoms with Gasteiger partial charge in [-0.2, -0.15) is 4.39 Å². The highest BCUT2D eigenvalue weighted by molar-refractivity contribution is 7.22. The van der Waals surface area contributed by atoms with Gasteiger partial charge in [0.1, 0.15) is 0 Å². The van der Waals surface area contributed by atoms with E-state index >= 15 is 0 Å². The average Bonchev–Trinajstić information content (AvgIpc) is 1.84. The zero-order valence-electron chi connectivity index (χ0n) is 4.65. The Bertz CT molecular complexity index is 151. The number of ether oxygens (including phenoxy) is 1. The van der Waals surface area contributed by atoms with Crippen molar-refractivity contribution >= 4 is 15.2 Å². The highest BCUT2D eigenvalue weighted by atomic mass is 31.0. The summed E-state index contributed by atoms with van der Waals surface area (Å²) in [6, 6.07) is 0. The molecule has 0 bridgehead atoms. The minimum absolute atomic E-state index is 0.968. The molecule has 1 atom stereocenters. The van der Waals surface area contributed by atoms with Gasteiger partial charge in [0, 0.05) is 0 Å². The van der Waals surface area contributed by atoms with E-state index in [0.717, 1.165) is 7.11 Å². The van der Waals surface area contributed by atoms with Crippen LogP contribution in [0.5, 0.6) is 0 Å². The van der Waals surface area contributed by atoms with Gasteiger partial charge in [0.05, 0.1) is 7.11 Å². The van der Waals surface area contributed by atoms with Crippen molar-refractivity contribution < 1.29 is 18.3 Å². The monoisotopic (exact) mass is 154 g/mol. The molecule has 0 aliphatic rings. The summed E-state index contributed by atoms with van der Waals surface area (Å²) >= 11 is 0. The van der Waals surface area contributed by atoms with Crippen molar-refractivity contribution in [3.63, 3.8) is 0 Å². The highest BCUT2D eigenvalue weighted by Crippen LogP contribution is 2.15. The predicted molar refractivity (Wildman–Crippen MR) is 31.0 cm³/mol. The van der Waals surface area contributed by atoms with Crippen molar-refractivity contribution in [2.24, 2.45) is 0 Å². The van der Waals surface area contributed by atoms with E-state index in [1.165, 1.54) is 9.24 Å². The van der Waals surface area contributed by atoms with Crippen molar-refractivity contribution in [1.82, 2.24) is 0 Å². The first kappa shape index (κ1) is 8.50. The fourth-order valence-electron chi connectivity index (χ4n) is 0.187. The zero-order chi connectivity index (χ0) is 7.44. The summed E-state index contributed by atoms with van der Waals surface area (Å²) in [6.07, 6.45) is 0. The van der Waals surface area contributed by atoms with Crippen LogP contribution in [0.25, 0.3) is 0 Å². The predicted octanol–water partition coefficient (Wildman–Crippen LogP) is 1.14. The second kappa shape index (κ2) is 3.51. The van der Waals surface area contributed by atoms with Crippen LogP contribution < -0.4 is 0 Å². The first-order valence-electron chi connectivity index (χ1n) is 1.98. The number of carbonyl (C=O) groups excluding carboxylic acids is 1. The molecular formula is C4H5F2O2P. The van der Waals surface area contributed by atoms with Crippen LogP contribution in [0.3, 0.4) is 0 Å². The van der Waals surface area contributed by atoms with Crippen molar-refractivity contribution in [1.29, 1.82) is 0 Å². The summed E-state index contributed by atoms with van der Waals surface area (Å²) < 4.78 is 27.5. The fraction of sp³-hybridized carbons (Fsp3) is 0.250. The Labute approximate surface area is 53.1 Å². The minimum atomic E-state index is -1.51. The molecule has 0 aromatic rings. The topological polar surface area (TPSA) is 26.3 Å². The number of hydrogen-bond donors (Lipinski definition) is 0. The maximum atomic E-state index is 11.9. The molecule has 0 aliphatic carbocycles. The molecule has 0 fully saturated rings. The number of hydrogen-bond acceptors (Lipinski definition) is 2. The molecule has 0 spiro atoms. The van der Waals surface area contributed by atoms with E-state index in [9.17, 15) is 13.6 Å². The maximum Gasteiger partial charge on any atom is 0.370 e. The van der Waals surface area contributed by atoms with Crippen LogP contribution in [0.15, 0.2) is 11.4 Å². The zero-order valence-corrected chi connectivity index (χ0v) is 5.80. The van der Waals surface area contributed by atoms with Gasteiger partial charge < -0.3 is 4.74 Å². The number of methoxy groups -OCH3 is 1. The summed E-state index contributed by atoms with van der Waals surface area (Å²) in [5, 5.41) is 0. The lowest BCUT2D eigenvalue weighted by Gasteiger charge is -1.92. The smallest absolute Gasteiger partial charge is 0.370 e. The Morgan fingerprint density at radius 2 is 2.00 bits per heavy atom. The summed E-state index contributed by atoms with van der Waals surface area (Å²) in [6.45, 7) is 0. The van der Waals surface area contributed by atoms with E-state index < -0.39 is 17.4 Å².